The quantitative estimate of drug-likeness (QED) is 0.459. The fraction of sp³-hybridized carbons (Fsp3) is 0.308. The van der Waals surface area contributed by atoms with Gasteiger partial charge in [0.05, 0.1) is 24.1 Å². The van der Waals surface area contributed by atoms with E-state index in [1.165, 1.54) is 43.2 Å². The van der Waals surface area contributed by atoms with Gasteiger partial charge in [-0.15, -0.1) is 11.3 Å². The van der Waals surface area contributed by atoms with Gasteiger partial charge in [0, 0.05) is 37.7 Å². The highest BCUT2D eigenvalue weighted by Crippen LogP contribution is 2.38. The van der Waals surface area contributed by atoms with E-state index in [1.807, 2.05) is 41.8 Å². The van der Waals surface area contributed by atoms with Gasteiger partial charge in [-0.2, -0.15) is 4.31 Å². The lowest BCUT2D eigenvalue weighted by atomic mass is 9.93. The normalized spacial score (nSPS) is 15.5. The number of ether oxygens (including phenoxy) is 1. The predicted molar refractivity (Wildman–Crippen MR) is 139 cm³/mol. The summed E-state index contributed by atoms with van der Waals surface area (Å²) in [6.07, 6.45) is 0.734. The van der Waals surface area contributed by atoms with E-state index in [0.29, 0.717) is 12.2 Å². The zero-order valence-electron chi connectivity index (χ0n) is 20.2. The van der Waals surface area contributed by atoms with Crippen molar-refractivity contribution >= 4 is 38.9 Å². The predicted octanol–water partition coefficient (Wildman–Crippen LogP) is 3.52. The van der Waals surface area contributed by atoms with Gasteiger partial charge in [0.15, 0.2) is 0 Å². The van der Waals surface area contributed by atoms with Crippen LogP contribution >= 0.6 is 11.3 Å². The summed E-state index contributed by atoms with van der Waals surface area (Å²) in [5.74, 6) is -0.517. The Labute approximate surface area is 215 Å². The second kappa shape index (κ2) is 11.3. The van der Waals surface area contributed by atoms with E-state index in [4.69, 9.17) is 4.74 Å². The van der Waals surface area contributed by atoms with Crippen LogP contribution in [0.2, 0.25) is 0 Å². The maximum absolute atomic E-state index is 13.7. The Morgan fingerprint density at radius 1 is 1.11 bits per heavy atom. The van der Waals surface area contributed by atoms with Gasteiger partial charge in [0.1, 0.15) is 0 Å². The van der Waals surface area contributed by atoms with E-state index in [-0.39, 0.29) is 42.4 Å². The van der Waals surface area contributed by atoms with E-state index in [0.717, 1.165) is 21.9 Å². The van der Waals surface area contributed by atoms with E-state index in [1.54, 1.807) is 16.2 Å². The van der Waals surface area contributed by atoms with Crippen LogP contribution in [0.15, 0.2) is 70.9 Å². The van der Waals surface area contributed by atoms with Crippen LogP contribution in [0.4, 0.5) is 5.69 Å². The van der Waals surface area contributed by atoms with Gasteiger partial charge >= 0.3 is 0 Å². The van der Waals surface area contributed by atoms with Crippen LogP contribution in [-0.4, -0.2) is 62.8 Å². The molecule has 8 nitrogen and oxygen atoms in total. The molecule has 1 aromatic heterocycles. The molecule has 1 aliphatic heterocycles. The molecule has 2 aromatic carbocycles. The fourth-order valence-corrected chi connectivity index (χ4v) is 6.64. The summed E-state index contributed by atoms with van der Waals surface area (Å²) in [6.45, 7) is 1.77. The van der Waals surface area contributed by atoms with Crippen LogP contribution in [0, 0.1) is 0 Å². The van der Waals surface area contributed by atoms with E-state index < -0.39 is 10.0 Å². The summed E-state index contributed by atoms with van der Waals surface area (Å²) in [4.78, 5) is 28.0. The number of nitrogens with one attached hydrogen (secondary N) is 1. The lowest BCUT2D eigenvalue weighted by molar-refractivity contribution is -0.133. The molecule has 2 heterocycles. The van der Waals surface area contributed by atoms with Crippen molar-refractivity contribution in [1.29, 1.82) is 0 Å². The number of carbonyl (C=O) groups excluding carboxylic acids is 2. The van der Waals surface area contributed by atoms with E-state index >= 15 is 0 Å². The van der Waals surface area contributed by atoms with Crippen LogP contribution in [0.1, 0.15) is 29.0 Å². The summed E-state index contributed by atoms with van der Waals surface area (Å²) in [5, 5.41) is 4.66. The number of methoxy groups -OCH3 is 1. The molecule has 190 valence electrons. The Bertz CT molecular complexity index is 1310. The third kappa shape index (κ3) is 5.67. The fourth-order valence-electron chi connectivity index (χ4n) is 4.36. The molecule has 1 atom stereocenters. The van der Waals surface area contributed by atoms with Crippen molar-refractivity contribution in [2.45, 2.75) is 24.3 Å². The van der Waals surface area contributed by atoms with Gasteiger partial charge in [-0.05, 0) is 53.3 Å². The average Bonchev–Trinajstić information content (AvgIpc) is 3.35. The highest BCUT2D eigenvalue weighted by atomic mass is 32.2. The third-order valence-corrected chi connectivity index (χ3v) is 8.93. The molecular formula is C26H29N3O5S2. The summed E-state index contributed by atoms with van der Waals surface area (Å²) in [6, 6.07) is 17.5. The van der Waals surface area contributed by atoms with Gasteiger partial charge in [0.2, 0.25) is 21.8 Å². The Kier molecular flexibility index (Phi) is 8.20. The Morgan fingerprint density at radius 2 is 1.83 bits per heavy atom. The van der Waals surface area contributed by atoms with E-state index in [2.05, 4.69) is 5.32 Å². The Hall–Kier alpha value is -3.05. The molecule has 4 rings (SSSR count). The van der Waals surface area contributed by atoms with Crippen LogP contribution in [0.3, 0.4) is 0 Å². The van der Waals surface area contributed by atoms with Crippen LogP contribution in [0.5, 0.6) is 0 Å². The van der Waals surface area contributed by atoms with Gasteiger partial charge in [-0.25, -0.2) is 8.42 Å². The first-order valence-corrected chi connectivity index (χ1v) is 13.9. The minimum absolute atomic E-state index is 0.0333. The van der Waals surface area contributed by atoms with Crippen molar-refractivity contribution in [3.8, 4) is 0 Å². The lowest BCUT2D eigenvalue weighted by Gasteiger charge is -2.37. The summed E-state index contributed by atoms with van der Waals surface area (Å²) >= 11 is 1.68. The second-order valence-corrected chi connectivity index (χ2v) is 11.4. The average molecular weight is 528 g/mol. The molecule has 36 heavy (non-hydrogen) atoms. The van der Waals surface area contributed by atoms with Crippen LogP contribution in [-0.2, 0) is 30.8 Å². The molecule has 1 N–H and O–H groups in total. The molecule has 0 bridgehead atoms. The zero-order chi connectivity index (χ0) is 25.7. The molecule has 10 heteroatoms. The molecule has 0 saturated heterocycles. The summed E-state index contributed by atoms with van der Waals surface area (Å²) in [5.41, 5.74) is 2.57. The number of benzene rings is 2. The van der Waals surface area contributed by atoms with Crippen molar-refractivity contribution in [1.82, 2.24) is 9.21 Å². The maximum Gasteiger partial charge on any atom is 0.243 e. The first-order valence-electron chi connectivity index (χ1n) is 11.6. The first-order chi connectivity index (χ1) is 17.3. The van der Waals surface area contributed by atoms with Crippen molar-refractivity contribution in [3.05, 3.63) is 82.0 Å². The third-order valence-electron chi connectivity index (χ3n) is 6.07. The molecule has 2 amide bonds. The van der Waals surface area contributed by atoms with Gasteiger partial charge in [-0.1, -0.05) is 30.3 Å². The standard InChI is InChI=1S/C26H29N3O5S2/c1-19(30)27-21-8-10-22(11-9-21)36(32,33)28(15-16-34-2)18-25(31)29-14-12-24-23(13-17-35-24)26(29)20-6-4-3-5-7-20/h3-11,13,17,26H,12,14-16,18H2,1-2H3,(H,27,30). The van der Waals surface area contributed by atoms with Crippen molar-refractivity contribution in [2.75, 3.05) is 38.7 Å². The molecule has 1 unspecified atom stereocenters. The second-order valence-electron chi connectivity index (χ2n) is 8.49. The number of rotatable bonds is 9. The Balaban J connectivity index is 1.61. The molecule has 0 saturated carbocycles. The molecule has 0 radical (unpaired) electrons. The van der Waals surface area contributed by atoms with Crippen LogP contribution < -0.4 is 5.32 Å². The minimum Gasteiger partial charge on any atom is -0.383 e. The number of anilines is 1. The molecule has 1 aliphatic rings. The smallest absolute Gasteiger partial charge is 0.243 e. The number of fused-ring (bicyclic) bond motifs is 1. The number of nitrogens with zero attached hydrogens (tertiary/aromatic N) is 2. The summed E-state index contributed by atoms with van der Waals surface area (Å²) in [7, 11) is -2.50. The maximum atomic E-state index is 13.7. The van der Waals surface area contributed by atoms with Crippen molar-refractivity contribution < 1.29 is 22.7 Å². The molecule has 0 fully saturated rings. The van der Waals surface area contributed by atoms with Crippen molar-refractivity contribution in [3.63, 3.8) is 0 Å². The minimum atomic E-state index is -3.99. The molecule has 3 aromatic rings. The monoisotopic (exact) mass is 527 g/mol. The van der Waals surface area contributed by atoms with Gasteiger partial charge in [-0.3, -0.25) is 9.59 Å². The SMILES string of the molecule is COCCN(CC(=O)N1CCc2sccc2C1c1ccccc1)S(=O)(=O)c1ccc(NC(C)=O)cc1. The highest BCUT2D eigenvalue weighted by molar-refractivity contribution is 7.89. The molecular weight excluding hydrogens is 498 g/mol. The zero-order valence-corrected chi connectivity index (χ0v) is 21.8. The van der Waals surface area contributed by atoms with Crippen LogP contribution in [0.25, 0.3) is 0 Å². The molecule has 0 aliphatic carbocycles. The number of carbonyl (C=O) groups is 2. The van der Waals surface area contributed by atoms with Crippen molar-refractivity contribution in [2.24, 2.45) is 0 Å². The lowest BCUT2D eigenvalue weighted by Crippen LogP contribution is -2.47. The number of amides is 2. The van der Waals surface area contributed by atoms with E-state index in [9.17, 15) is 18.0 Å². The number of hydrogen-bond acceptors (Lipinski definition) is 6. The number of hydrogen-bond donors (Lipinski definition) is 1. The van der Waals surface area contributed by atoms with Gasteiger partial charge in [0.25, 0.3) is 0 Å². The molecule has 0 spiro atoms. The topological polar surface area (TPSA) is 96.0 Å². The Morgan fingerprint density at radius 3 is 2.50 bits per heavy atom. The number of sulfonamides is 1. The first kappa shape index (κ1) is 26.0. The van der Waals surface area contributed by atoms with Gasteiger partial charge < -0.3 is 15.0 Å². The highest BCUT2D eigenvalue weighted by Gasteiger charge is 2.35. The largest absolute Gasteiger partial charge is 0.383 e. The summed E-state index contributed by atoms with van der Waals surface area (Å²) < 4.78 is 33.3. The number of thiophene rings is 1.